The third kappa shape index (κ3) is 9.08. The molecule has 0 bridgehead atoms. The van der Waals surface area contributed by atoms with Gasteiger partial charge in [-0.05, 0) is 25.7 Å². The van der Waals surface area contributed by atoms with Crippen molar-refractivity contribution in [2.45, 2.75) is 37.4 Å². The lowest BCUT2D eigenvalue weighted by Gasteiger charge is -2.06. The number of carboxylic acids is 1. The van der Waals surface area contributed by atoms with Gasteiger partial charge >= 0.3 is 0 Å². The predicted molar refractivity (Wildman–Crippen MR) is 75.2 cm³/mol. The van der Waals surface area contributed by atoms with Crippen LogP contribution in [0.15, 0.2) is 0 Å². The summed E-state index contributed by atoms with van der Waals surface area (Å²) in [6, 6.07) is 0. The first-order chi connectivity index (χ1) is 8.79. The van der Waals surface area contributed by atoms with Crippen molar-refractivity contribution in [1.29, 1.82) is 0 Å². The van der Waals surface area contributed by atoms with Crippen LogP contribution in [0.3, 0.4) is 0 Å². The predicted octanol–water partition coefficient (Wildman–Crippen LogP) is -1.42. The molecule has 0 aliphatic carbocycles. The largest absolute Gasteiger partial charge is 0.550 e. The maximum absolute atomic E-state index is 10.1. The van der Waals surface area contributed by atoms with Gasteiger partial charge < -0.3 is 20.5 Å². The van der Waals surface area contributed by atoms with Gasteiger partial charge in [0, 0.05) is 17.0 Å². The molecule has 0 aromatic heterocycles. The fourth-order valence-electron chi connectivity index (χ4n) is 1.97. The first-order valence-electron chi connectivity index (χ1n) is 6.90. The molecule has 2 aliphatic heterocycles. The maximum atomic E-state index is 10.1. The summed E-state index contributed by atoms with van der Waals surface area (Å²) in [6.07, 6.45) is 4.51. The number of carbonyl (C=O) groups is 1. The molecule has 4 nitrogen and oxygen atoms in total. The van der Waals surface area contributed by atoms with E-state index in [1.807, 2.05) is 21.6 Å². The average molecular weight is 293 g/mol. The topological polar surface area (TPSA) is 73.3 Å². The van der Waals surface area contributed by atoms with Gasteiger partial charge in [-0.25, -0.2) is 0 Å². The smallest absolute Gasteiger partial charge is 0.125 e. The van der Waals surface area contributed by atoms with Crippen molar-refractivity contribution in [3.63, 3.8) is 0 Å². The highest BCUT2D eigenvalue weighted by atomic mass is 33.1. The van der Waals surface area contributed by atoms with E-state index in [2.05, 4.69) is 10.6 Å². The standard InChI is InChI=1S/C8H14O2S2.C4H10N2/c9-8(10)4-2-1-3-7-5-6-11-12-7;1-2-6-4-3-5-1/h7H,1-6H2,(H,9,10);5-6H,1-4H2/p+1. The van der Waals surface area contributed by atoms with Crippen molar-refractivity contribution < 1.29 is 20.5 Å². The summed E-state index contributed by atoms with van der Waals surface area (Å²) in [5.41, 5.74) is 0. The molecule has 0 saturated carbocycles. The molecule has 0 amide bonds. The molecule has 1 unspecified atom stereocenters. The van der Waals surface area contributed by atoms with E-state index in [1.165, 1.54) is 44.8 Å². The van der Waals surface area contributed by atoms with E-state index in [1.54, 1.807) is 0 Å². The number of carbonyl (C=O) groups excluding carboxylic acids is 1. The lowest BCUT2D eigenvalue weighted by Crippen LogP contribution is -3.04. The van der Waals surface area contributed by atoms with Crippen molar-refractivity contribution in [2.24, 2.45) is 0 Å². The van der Waals surface area contributed by atoms with Gasteiger partial charge in [-0.1, -0.05) is 28.0 Å². The molecule has 2 heterocycles. The molecule has 106 valence electrons. The fourth-order valence-corrected chi connectivity index (χ4v) is 4.99. The molecule has 18 heavy (non-hydrogen) atoms. The minimum absolute atomic E-state index is 0.227. The number of piperazine rings is 1. The molecule has 0 radical (unpaired) electrons. The van der Waals surface area contributed by atoms with Gasteiger partial charge in [0.2, 0.25) is 0 Å². The van der Waals surface area contributed by atoms with Gasteiger partial charge in [0.1, 0.15) is 26.2 Å². The number of hydrogen-bond acceptors (Lipinski definition) is 4. The zero-order chi connectivity index (χ0) is 13.1. The first-order valence-corrected chi connectivity index (χ1v) is 9.28. The number of hydrogen-bond donors (Lipinski definition) is 2. The first kappa shape index (κ1) is 16.1. The van der Waals surface area contributed by atoms with Gasteiger partial charge in [-0.15, -0.1) is 0 Å². The summed E-state index contributed by atoms with van der Waals surface area (Å²) in [5.74, 6) is 0.346. The van der Waals surface area contributed by atoms with Gasteiger partial charge in [0.15, 0.2) is 0 Å². The highest BCUT2D eigenvalue weighted by Gasteiger charge is 2.15. The van der Waals surface area contributed by atoms with E-state index in [-0.39, 0.29) is 6.42 Å². The van der Waals surface area contributed by atoms with Crippen LogP contribution in [-0.4, -0.2) is 43.2 Å². The third-order valence-corrected chi connectivity index (χ3v) is 6.04. The van der Waals surface area contributed by atoms with Crippen LogP contribution in [0.25, 0.3) is 0 Å². The number of aliphatic carboxylic acids is 1. The number of unbranched alkanes of at least 4 members (excludes halogenated alkanes) is 1. The van der Waals surface area contributed by atoms with Crippen LogP contribution < -0.4 is 15.7 Å². The molecule has 2 rings (SSSR count). The van der Waals surface area contributed by atoms with Crippen molar-refractivity contribution in [3.05, 3.63) is 0 Å². The van der Waals surface area contributed by atoms with Crippen LogP contribution in [-0.2, 0) is 4.79 Å². The van der Waals surface area contributed by atoms with E-state index in [0.29, 0.717) is 0 Å². The van der Waals surface area contributed by atoms with E-state index < -0.39 is 5.97 Å². The Morgan fingerprint density at radius 2 is 1.83 bits per heavy atom. The Morgan fingerprint density at radius 1 is 1.17 bits per heavy atom. The van der Waals surface area contributed by atoms with Crippen molar-refractivity contribution in [2.75, 3.05) is 31.9 Å². The Kier molecular flexibility index (Phi) is 9.83. The summed E-state index contributed by atoms with van der Waals surface area (Å²) < 4.78 is 0. The number of rotatable bonds is 5. The van der Waals surface area contributed by atoms with Gasteiger partial charge in [0.05, 0.1) is 0 Å². The molecule has 0 spiro atoms. The molecule has 0 aromatic rings. The maximum Gasteiger partial charge on any atom is 0.125 e. The Hall–Kier alpha value is 0.0900. The highest BCUT2D eigenvalue weighted by molar-refractivity contribution is 8.77. The number of carboxylic acid groups (broad SMARTS) is 1. The Labute approximate surface area is 117 Å². The monoisotopic (exact) mass is 293 g/mol. The Balaban J connectivity index is 0.000000225. The molecular weight excluding hydrogens is 268 g/mol. The quantitative estimate of drug-likeness (QED) is 0.482. The highest BCUT2D eigenvalue weighted by Crippen LogP contribution is 2.39. The van der Waals surface area contributed by atoms with Crippen LogP contribution >= 0.6 is 21.6 Å². The minimum Gasteiger partial charge on any atom is -0.550 e. The molecule has 2 saturated heterocycles. The Bertz CT molecular complexity index is 209. The average Bonchev–Trinajstić information content (AvgIpc) is 2.90. The summed E-state index contributed by atoms with van der Waals surface area (Å²) in [4.78, 5) is 10.1. The fraction of sp³-hybridized carbons (Fsp3) is 0.917. The third-order valence-electron chi connectivity index (χ3n) is 3.03. The summed E-state index contributed by atoms with van der Waals surface area (Å²) >= 11 is 0. The van der Waals surface area contributed by atoms with Gasteiger partial charge in [0.25, 0.3) is 0 Å². The van der Waals surface area contributed by atoms with Crippen LogP contribution in [0.2, 0.25) is 0 Å². The lowest BCUT2D eigenvalue weighted by molar-refractivity contribution is -0.787. The van der Waals surface area contributed by atoms with Crippen molar-refractivity contribution >= 4 is 27.6 Å². The second-order valence-corrected chi connectivity index (χ2v) is 7.47. The summed E-state index contributed by atoms with van der Waals surface area (Å²) in [5, 5.41) is 15.6. The van der Waals surface area contributed by atoms with E-state index in [4.69, 9.17) is 0 Å². The molecule has 0 aromatic carbocycles. The number of quaternary nitrogens is 2. The molecule has 2 aliphatic rings. The normalized spacial score (nSPS) is 23.2. The molecule has 2 fully saturated rings. The van der Waals surface area contributed by atoms with Crippen LogP contribution in [0.5, 0.6) is 0 Å². The van der Waals surface area contributed by atoms with Crippen molar-refractivity contribution in [1.82, 2.24) is 0 Å². The van der Waals surface area contributed by atoms with Gasteiger partial charge in [-0.2, -0.15) is 0 Å². The van der Waals surface area contributed by atoms with Crippen LogP contribution in [0.4, 0.5) is 0 Å². The SMILES string of the molecule is C1C[NH2+]CC[NH2+]1.O=C([O-])CCCCC1CCSS1. The second kappa shape index (κ2) is 11.0. The minimum atomic E-state index is -0.913. The van der Waals surface area contributed by atoms with Crippen molar-refractivity contribution in [3.8, 4) is 0 Å². The Morgan fingerprint density at radius 3 is 2.28 bits per heavy atom. The van der Waals surface area contributed by atoms with E-state index >= 15 is 0 Å². The zero-order valence-corrected chi connectivity index (χ0v) is 12.6. The summed E-state index contributed by atoms with van der Waals surface area (Å²) in [7, 11) is 3.89. The van der Waals surface area contributed by atoms with E-state index in [9.17, 15) is 9.90 Å². The molecule has 6 heteroatoms. The number of nitrogens with two attached hydrogens (primary N) is 2. The molecular formula is C12H25N2O2S2+. The zero-order valence-electron chi connectivity index (χ0n) is 10.9. The lowest BCUT2D eigenvalue weighted by atomic mass is 10.1. The van der Waals surface area contributed by atoms with Crippen LogP contribution in [0, 0.1) is 0 Å². The van der Waals surface area contributed by atoms with Crippen LogP contribution in [0.1, 0.15) is 32.1 Å². The van der Waals surface area contributed by atoms with Gasteiger partial charge in [-0.3, -0.25) is 0 Å². The summed E-state index contributed by atoms with van der Waals surface area (Å²) in [6.45, 7) is 5.28. The van der Waals surface area contributed by atoms with E-state index in [0.717, 1.165) is 18.1 Å². The second-order valence-electron chi connectivity index (χ2n) is 4.68. The molecule has 4 N–H and O–H groups in total. The molecule has 1 atom stereocenters.